The van der Waals surface area contributed by atoms with E-state index in [1.54, 1.807) is 0 Å². The molecule has 10 aromatic carbocycles. The van der Waals surface area contributed by atoms with Crippen molar-refractivity contribution < 1.29 is 4.42 Å². The van der Waals surface area contributed by atoms with Gasteiger partial charge < -0.3 is 9.32 Å². The normalized spacial score (nSPS) is 11.7. The molecule has 0 saturated carbocycles. The van der Waals surface area contributed by atoms with Gasteiger partial charge in [-0.2, -0.15) is 0 Å². The topological polar surface area (TPSA) is 16.4 Å². The summed E-state index contributed by atoms with van der Waals surface area (Å²) in [6.07, 6.45) is 0. The van der Waals surface area contributed by atoms with Crippen LogP contribution in [0.5, 0.6) is 0 Å². The lowest BCUT2D eigenvalue weighted by Gasteiger charge is -2.26. The SMILES string of the molecule is c1ccc(-c2ccc3c(c2)oc2c(N(c4ccc(-c5cccc6c5ccc5ccccc56)cc4)c4ccc5ccc6ccccc6c5c4)cccc23)cc1. The Kier molecular flexibility index (Phi) is 6.90. The highest BCUT2D eigenvalue weighted by atomic mass is 16.3. The highest BCUT2D eigenvalue weighted by Gasteiger charge is 2.21. The van der Waals surface area contributed by atoms with E-state index in [-0.39, 0.29) is 0 Å². The van der Waals surface area contributed by atoms with E-state index in [4.69, 9.17) is 4.42 Å². The van der Waals surface area contributed by atoms with Crippen LogP contribution in [0.2, 0.25) is 0 Å². The molecule has 0 aliphatic heterocycles. The van der Waals surface area contributed by atoms with Crippen molar-refractivity contribution in [3.8, 4) is 22.3 Å². The van der Waals surface area contributed by atoms with E-state index in [1.165, 1.54) is 59.8 Å². The van der Waals surface area contributed by atoms with Gasteiger partial charge in [-0.05, 0) is 108 Å². The first-order chi connectivity index (χ1) is 26.8. The maximum Gasteiger partial charge on any atom is 0.159 e. The van der Waals surface area contributed by atoms with Crippen molar-refractivity contribution in [2.75, 3.05) is 4.90 Å². The lowest BCUT2D eigenvalue weighted by molar-refractivity contribution is 0.669. The largest absolute Gasteiger partial charge is 0.454 e. The summed E-state index contributed by atoms with van der Waals surface area (Å²) < 4.78 is 6.86. The van der Waals surface area contributed by atoms with Gasteiger partial charge in [-0.1, -0.05) is 158 Å². The average Bonchev–Trinajstić information content (AvgIpc) is 3.63. The number of hydrogen-bond acceptors (Lipinski definition) is 2. The second-order valence-corrected chi connectivity index (χ2v) is 14.1. The van der Waals surface area contributed by atoms with Gasteiger partial charge >= 0.3 is 0 Å². The van der Waals surface area contributed by atoms with Gasteiger partial charge in [0.25, 0.3) is 0 Å². The molecule has 0 fully saturated rings. The molecule has 0 N–H and O–H groups in total. The number of anilines is 3. The Hall–Kier alpha value is -7.16. The fourth-order valence-electron chi connectivity index (χ4n) is 8.41. The first kappa shape index (κ1) is 30.5. The van der Waals surface area contributed by atoms with Gasteiger partial charge in [0.05, 0.1) is 5.69 Å². The molecule has 0 radical (unpaired) electrons. The molecule has 0 spiro atoms. The Labute approximate surface area is 312 Å². The summed E-state index contributed by atoms with van der Waals surface area (Å²) in [6.45, 7) is 0. The summed E-state index contributed by atoms with van der Waals surface area (Å²) in [5, 5.41) is 12.2. The molecular weight excluding hydrogens is 655 g/mol. The van der Waals surface area contributed by atoms with Crippen LogP contribution >= 0.6 is 0 Å². The molecular formula is C52H33NO. The summed E-state index contributed by atoms with van der Waals surface area (Å²) in [5.74, 6) is 0. The zero-order valence-electron chi connectivity index (χ0n) is 29.4. The quantitative estimate of drug-likeness (QED) is 0.168. The van der Waals surface area contributed by atoms with Crippen LogP contribution in [-0.2, 0) is 0 Å². The van der Waals surface area contributed by atoms with Crippen LogP contribution in [-0.4, -0.2) is 0 Å². The monoisotopic (exact) mass is 687 g/mol. The highest BCUT2D eigenvalue weighted by molar-refractivity contribution is 6.14. The fourth-order valence-corrected chi connectivity index (χ4v) is 8.41. The minimum absolute atomic E-state index is 0.862. The summed E-state index contributed by atoms with van der Waals surface area (Å²) in [4.78, 5) is 2.35. The van der Waals surface area contributed by atoms with Crippen molar-refractivity contribution in [2.24, 2.45) is 0 Å². The van der Waals surface area contributed by atoms with E-state index in [0.717, 1.165) is 44.6 Å². The Morgan fingerprint density at radius 1 is 0.315 bits per heavy atom. The number of furan rings is 1. The minimum atomic E-state index is 0.862. The molecule has 0 amide bonds. The maximum absolute atomic E-state index is 6.86. The molecule has 0 unspecified atom stereocenters. The average molecular weight is 688 g/mol. The van der Waals surface area contributed by atoms with Gasteiger partial charge in [-0.25, -0.2) is 0 Å². The standard InChI is InChI=1S/C52H33NO/c1-2-10-34(11-3-1)39-26-31-47-48-18-9-19-50(52(48)54-51(47)32-39)53(41-29-24-38-21-20-35-12-5-7-15-44(35)49(38)33-41)40-27-22-37(23-28-40)43-16-8-17-45-42-14-6-4-13-36(42)25-30-46(43)45/h1-33H. The Morgan fingerprint density at radius 2 is 0.907 bits per heavy atom. The lowest BCUT2D eigenvalue weighted by atomic mass is 9.94. The van der Waals surface area contributed by atoms with Crippen LogP contribution in [0.3, 0.4) is 0 Å². The van der Waals surface area contributed by atoms with Gasteiger partial charge in [0.2, 0.25) is 0 Å². The van der Waals surface area contributed by atoms with E-state index in [9.17, 15) is 0 Å². The second kappa shape index (κ2) is 12.2. The molecule has 0 saturated heterocycles. The number of para-hydroxylation sites is 1. The van der Waals surface area contributed by atoms with Gasteiger partial charge in [0.15, 0.2) is 5.58 Å². The molecule has 54 heavy (non-hydrogen) atoms. The molecule has 1 heterocycles. The predicted octanol–water partition coefficient (Wildman–Crippen LogP) is 15.0. The molecule has 0 aliphatic rings. The zero-order valence-corrected chi connectivity index (χ0v) is 29.4. The summed E-state index contributed by atoms with van der Waals surface area (Å²) in [5.41, 5.74) is 9.57. The number of fused-ring (bicyclic) bond motifs is 9. The molecule has 0 bridgehead atoms. The smallest absolute Gasteiger partial charge is 0.159 e. The van der Waals surface area contributed by atoms with Crippen LogP contribution in [0.15, 0.2) is 205 Å². The molecule has 252 valence electrons. The second-order valence-electron chi connectivity index (χ2n) is 14.1. The van der Waals surface area contributed by atoms with Crippen LogP contribution in [0.4, 0.5) is 17.1 Å². The number of rotatable bonds is 5. The first-order valence-corrected chi connectivity index (χ1v) is 18.5. The van der Waals surface area contributed by atoms with Gasteiger partial charge in [0.1, 0.15) is 5.58 Å². The first-order valence-electron chi connectivity index (χ1n) is 18.5. The van der Waals surface area contributed by atoms with Crippen LogP contribution in [0.1, 0.15) is 0 Å². The summed E-state index contributed by atoms with van der Waals surface area (Å²) in [6, 6.07) is 72.2. The minimum Gasteiger partial charge on any atom is -0.454 e. The van der Waals surface area contributed by atoms with E-state index in [1.807, 2.05) is 0 Å². The van der Waals surface area contributed by atoms with E-state index in [2.05, 4.69) is 205 Å². The summed E-state index contributed by atoms with van der Waals surface area (Å²) >= 11 is 0. The van der Waals surface area contributed by atoms with E-state index >= 15 is 0 Å². The number of hydrogen-bond donors (Lipinski definition) is 0. The Balaban J connectivity index is 1.10. The lowest BCUT2D eigenvalue weighted by Crippen LogP contribution is -2.10. The van der Waals surface area contributed by atoms with E-state index < -0.39 is 0 Å². The third kappa shape index (κ3) is 4.88. The molecule has 0 aliphatic carbocycles. The van der Waals surface area contributed by atoms with Crippen molar-refractivity contribution in [1.29, 1.82) is 0 Å². The van der Waals surface area contributed by atoms with Crippen LogP contribution in [0, 0.1) is 0 Å². The van der Waals surface area contributed by atoms with Gasteiger partial charge in [-0.3, -0.25) is 0 Å². The summed E-state index contributed by atoms with van der Waals surface area (Å²) in [7, 11) is 0. The van der Waals surface area contributed by atoms with Crippen molar-refractivity contribution in [2.45, 2.75) is 0 Å². The molecule has 11 rings (SSSR count). The number of benzene rings is 10. The van der Waals surface area contributed by atoms with Crippen molar-refractivity contribution in [3.63, 3.8) is 0 Å². The fraction of sp³-hybridized carbons (Fsp3) is 0. The molecule has 2 heteroatoms. The van der Waals surface area contributed by atoms with E-state index in [0.29, 0.717) is 0 Å². The van der Waals surface area contributed by atoms with Gasteiger partial charge in [-0.15, -0.1) is 0 Å². The maximum atomic E-state index is 6.86. The predicted molar refractivity (Wildman–Crippen MR) is 229 cm³/mol. The molecule has 2 nitrogen and oxygen atoms in total. The third-order valence-electron chi connectivity index (χ3n) is 11.0. The highest BCUT2D eigenvalue weighted by Crippen LogP contribution is 2.44. The molecule has 11 aromatic rings. The Morgan fingerprint density at radius 3 is 1.72 bits per heavy atom. The zero-order chi connectivity index (χ0) is 35.6. The third-order valence-corrected chi connectivity index (χ3v) is 11.0. The van der Waals surface area contributed by atoms with Crippen molar-refractivity contribution >= 4 is 82.1 Å². The molecule has 0 atom stereocenters. The van der Waals surface area contributed by atoms with Gasteiger partial charge in [0, 0.05) is 22.1 Å². The molecule has 1 aromatic heterocycles. The van der Waals surface area contributed by atoms with Crippen LogP contribution < -0.4 is 4.90 Å². The number of nitrogens with zero attached hydrogens (tertiary/aromatic N) is 1. The Bertz CT molecular complexity index is 3210. The van der Waals surface area contributed by atoms with Crippen molar-refractivity contribution in [3.05, 3.63) is 200 Å². The van der Waals surface area contributed by atoms with Crippen LogP contribution in [0.25, 0.3) is 87.3 Å². The van der Waals surface area contributed by atoms with Crippen molar-refractivity contribution in [1.82, 2.24) is 0 Å².